The monoisotopic (exact) mass is 475 g/mol. The molecule has 2 bridgehead atoms. The van der Waals surface area contributed by atoms with Crippen molar-refractivity contribution in [3.05, 3.63) is 81.8 Å². The van der Waals surface area contributed by atoms with Crippen LogP contribution in [0, 0.1) is 11.8 Å². The van der Waals surface area contributed by atoms with Crippen molar-refractivity contribution < 1.29 is 4.74 Å². The van der Waals surface area contributed by atoms with E-state index in [4.69, 9.17) is 4.74 Å². The van der Waals surface area contributed by atoms with Gasteiger partial charge in [0.1, 0.15) is 12.4 Å². The van der Waals surface area contributed by atoms with Gasteiger partial charge in [0.25, 0.3) is 0 Å². The maximum atomic E-state index is 6.06. The molecule has 0 aromatic heterocycles. The number of hydrogen-bond donors (Lipinski definition) is 0. The molecule has 3 aliphatic carbocycles. The number of benzene rings is 3. The quantitative estimate of drug-likeness (QED) is 0.370. The first-order valence-corrected chi connectivity index (χ1v) is 12.2. The molecule has 0 heterocycles. The minimum Gasteiger partial charge on any atom is -0.489 e. The Morgan fingerprint density at radius 1 is 0.839 bits per heavy atom. The van der Waals surface area contributed by atoms with E-state index in [0.717, 1.165) is 28.6 Å². The molecule has 6 rings (SSSR count). The zero-order valence-electron chi connectivity index (χ0n) is 18.4. The minimum atomic E-state index is 0.584. The summed E-state index contributed by atoms with van der Waals surface area (Å²) in [6.07, 6.45) is 5.48. The number of likely N-dealkylation sites (N-methyl/N-ethyl adjacent to an activating group) is 1. The first-order chi connectivity index (χ1) is 15.1. The van der Waals surface area contributed by atoms with Crippen molar-refractivity contribution in [1.82, 2.24) is 4.90 Å². The summed E-state index contributed by atoms with van der Waals surface area (Å²) >= 11 is 3.48. The molecule has 0 spiro atoms. The average molecular weight is 476 g/mol. The lowest BCUT2D eigenvalue weighted by Crippen LogP contribution is -2.31. The van der Waals surface area contributed by atoms with E-state index >= 15 is 0 Å². The summed E-state index contributed by atoms with van der Waals surface area (Å²) in [5.41, 5.74) is 5.95. The van der Waals surface area contributed by atoms with Gasteiger partial charge in [0.05, 0.1) is 0 Å². The second-order valence-corrected chi connectivity index (χ2v) is 10.3. The maximum Gasteiger partial charge on any atom is 0.120 e. The highest BCUT2D eigenvalue weighted by atomic mass is 79.9. The van der Waals surface area contributed by atoms with Crippen LogP contribution in [0.1, 0.15) is 36.8 Å². The van der Waals surface area contributed by atoms with Crippen LogP contribution in [0.15, 0.2) is 70.7 Å². The molecule has 2 nitrogen and oxygen atoms in total. The van der Waals surface area contributed by atoms with Gasteiger partial charge in [-0.2, -0.15) is 0 Å². The zero-order chi connectivity index (χ0) is 21.4. The molecular formula is C28H30BrNO. The molecule has 0 saturated heterocycles. The lowest BCUT2D eigenvalue weighted by Gasteiger charge is -2.41. The van der Waals surface area contributed by atoms with Crippen molar-refractivity contribution in [3.8, 4) is 5.75 Å². The normalized spacial score (nSPS) is 20.6. The molecule has 0 atom stereocenters. The third-order valence-electron chi connectivity index (χ3n) is 6.90. The van der Waals surface area contributed by atoms with E-state index in [1.54, 1.807) is 11.1 Å². The lowest BCUT2D eigenvalue weighted by atomic mass is 9.65. The van der Waals surface area contributed by atoms with E-state index in [-0.39, 0.29) is 0 Å². The first kappa shape index (κ1) is 20.8. The highest BCUT2D eigenvalue weighted by molar-refractivity contribution is 9.10. The van der Waals surface area contributed by atoms with Gasteiger partial charge in [-0.25, -0.2) is 0 Å². The third-order valence-corrected chi connectivity index (χ3v) is 7.43. The molecule has 3 heteroatoms. The number of fused-ring (bicyclic) bond motifs is 3. The van der Waals surface area contributed by atoms with Crippen molar-refractivity contribution in [3.63, 3.8) is 0 Å². The molecule has 1 saturated carbocycles. The molecule has 0 unspecified atom stereocenters. The van der Waals surface area contributed by atoms with Crippen LogP contribution >= 0.6 is 15.9 Å². The summed E-state index contributed by atoms with van der Waals surface area (Å²) in [7, 11) is 4.40. The van der Waals surface area contributed by atoms with Crippen LogP contribution in [-0.2, 0) is 6.61 Å². The van der Waals surface area contributed by atoms with Gasteiger partial charge in [-0.15, -0.1) is 0 Å². The van der Waals surface area contributed by atoms with Crippen molar-refractivity contribution in [2.24, 2.45) is 11.8 Å². The predicted molar refractivity (Wildman–Crippen MR) is 133 cm³/mol. The molecule has 3 aromatic rings. The van der Waals surface area contributed by atoms with Crippen molar-refractivity contribution in [1.29, 1.82) is 0 Å². The summed E-state index contributed by atoms with van der Waals surface area (Å²) in [4.78, 5) is 2.34. The van der Waals surface area contributed by atoms with Gasteiger partial charge in [-0.3, -0.25) is 0 Å². The van der Waals surface area contributed by atoms with Crippen LogP contribution in [0.25, 0.3) is 16.3 Å². The SMILES string of the molecule is CN(C)CC1=C(c2ccc3cc(OCc4ccc(Br)cc4)ccc3c2)C2CCC1CC2. The van der Waals surface area contributed by atoms with Crippen molar-refractivity contribution in [2.45, 2.75) is 32.3 Å². The number of rotatable bonds is 6. The van der Waals surface area contributed by atoms with Gasteiger partial charge in [-0.05, 0) is 115 Å². The first-order valence-electron chi connectivity index (χ1n) is 11.4. The summed E-state index contributed by atoms with van der Waals surface area (Å²) < 4.78 is 7.15. The Morgan fingerprint density at radius 2 is 1.52 bits per heavy atom. The molecule has 0 aliphatic heterocycles. The molecular weight excluding hydrogens is 446 g/mol. The Bertz CT molecular complexity index is 1110. The topological polar surface area (TPSA) is 12.5 Å². The van der Waals surface area contributed by atoms with Crippen molar-refractivity contribution in [2.75, 3.05) is 20.6 Å². The molecule has 0 radical (unpaired) electrons. The van der Waals surface area contributed by atoms with E-state index < -0.39 is 0 Å². The fourth-order valence-electron chi connectivity index (χ4n) is 5.42. The molecule has 0 amide bonds. The Kier molecular flexibility index (Phi) is 5.90. The number of hydrogen-bond acceptors (Lipinski definition) is 2. The Balaban J connectivity index is 1.41. The molecule has 0 N–H and O–H groups in total. The molecule has 3 aromatic carbocycles. The Labute approximate surface area is 194 Å². The zero-order valence-corrected chi connectivity index (χ0v) is 20.0. The Morgan fingerprint density at radius 3 is 2.26 bits per heavy atom. The van der Waals surface area contributed by atoms with Gasteiger partial charge in [0.2, 0.25) is 0 Å². The van der Waals surface area contributed by atoms with Gasteiger partial charge >= 0.3 is 0 Å². The van der Waals surface area contributed by atoms with Crippen LogP contribution in [0.2, 0.25) is 0 Å². The highest BCUT2D eigenvalue weighted by Gasteiger charge is 2.35. The number of allylic oxidation sites excluding steroid dienone is 1. The summed E-state index contributed by atoms with van der Waals surface area (Å²) in [6.45, 7) is 1.68. The number of halogens is 1. The van der Waals surface area contributed by atoms with E-state index in [9.17, 15) is 0 Å². The van der Waals surface area contributed by atoms with E-state index in [0.29, 0.717) is 6.61 Å². The minimum absolute atomic E-state index is 0.584. The second kappa shape index (κ2) is 8.80. The molecule has 160 valence electrons. The molecule has 31 heavy (non-hydrogen) atoms. The van der Waals surface area contributed by atoms with Crippen LogP contribution in [0.5, 0.6) is 5.75 Å². The van der Waals surface area contributed by atoms with Gasteiger partial charge in [0.15, 0.2) is 0 Å². The van der Waals surface area contributed by atoms with Gasteiger partial charge in [0, 0.05) is 11.0 Å². The van der Waals surface area contributed by atoms with E-state index in [1.165, 1.54) is 47.6 Å². The second-order valence-electron chi connectivity index (χ2n) is 9.36. The smallest absolute Gasteiger partial charge is 0.120 e. The maximum absolute atomic E-state index is 6.06. The molecule has 3 aliphatic rings. The predicted octanol–water partition coefficient (Wildman–Crippen LogP) is 7.32. The third kappa shape index (κ3) is 4.44. The summed E-state index contributed by atoms with van der Waals surface area (Å²) in [6, 6.07) is 21.8. The van der Waals surface area contributed by atoms with Crippen LogP contribution in [0.3, 0.4) is 0 Å². The standard InChI is InChI=1S/C28H30BrNO/c1-30(2)17-27-20-5-7-21(8-6-20)28(27)24-10-9-23-16-26(14-11-22(23)15-24)31-18-19-3-12-25(29)13-4-19/h3-4,9-16,20-21H,5-8,17-18H2,1-2H3. The van der Waals surface area contributed by atoms with Crippen LogP contribution in [0.4, 0.5) is 0 Å². The van der Waals surface area contributed by atoms with E-state index in [2.05, 4.69) is 95.6 Å². The fourth-order valence-corrected chi connectivity index (χ4v) is 5.68. The van der Waals surface area contributed by atoms with E-state index in [1.807, 2.05) is 0 Å². The number of nitrogens with zero attached hydrogens (tertiary/aromatic N) is 1. The fraction of sp³-hybridized carbons (Fsp3) is 0.357. The van der Waals surface area contributed by atoms with Crippen LogP contribution < -0.4 is 4.74 Å². The summed E-state index contributed by atoms with van der Waals surface area (Å²) in [5, 5.41) is 2.54. The van der Waals surface area contributed by atoms with Gasteiger partial charge in [-0.1, -0.05) is 46.3 Å². The number of ether oxygens (including phenoxy) is 1. The molecule has 1 fully saturated rings. The summed E-state index contributed by atoms with van der Waals surface area (Å²) in [5.74, 6) is 2.45. The lowest BCUT2D eigenvalue weighted by molar-refractivity contribution is 0.299. The van der Waals surface area contributed by atoms with Crippen LogP contribution in [-0.4, -0.2) is 25.5 Å². The average Bonchev–Trinajstić information content (AvgIpc) is 2.79. The van der Waals surface area contributed by atoms with Crippen molar-refractivity contribution >= 4 is 32.3 Å². The largest absolute Gasteiger partial charge is 0.489 e. The Hall–Kier alpha value is -2.10. The highest BCUT2D eigenvalue weighted by Crippen LogP contribution is 2.49. The van der Waals surface area contributed by atoms with Gasteiger partial charge < -0.3 is 9.64 Å².